The van der Waals surface area contributed by atoms with E-state index in [1.807, 2.05) is 49.3 Å². The van der Waals surface area contributed by atoms with E-state index in [2.05, 4.69) is 65.3 Å². The third kappa shape index (κ3) is 10.4. The van der Waals surface area contributed by atoms with Gasteiger partial charge in [0, 0.05) is 97.7 Å². The highest BCUT2D eigenvalue weighted by Gasteiger charge is 2.41. The highest BCUT2D eigenvalue weighted by Crippen LogP contribution is 2.42. The lowest BCUT2D eigenvalue weighted by Gasteiger charge is -2.37. The van der Waals surface area contributed by atoms with E-state index in [0.717, 1.165) is 63.1 Å². The van der Waals surface area contributed by atoms with Gasteiger partial charge in [0.1, 0.15) is 18.1 Å². The monoisotopic (exact) mass is 931 g/mol. The average Bonchev–Trinajstić information content (AvgIpc) is 3.98. The summed E-state index contributed by atoms with van der Waals surface area (Å²) in [6.07, 6.45) is 9.27. The van der Waals surface area contributed by atoms with Crippen molar-refractivity contribution in [1.82, 2.24) is 45.1 Å². The summed E-state index contributed by atoms with van der Waals surface area (Å²) in [5, 5.41) is 8.25. The quantitative estimate of drug-likeness (QED) is 0.121. The Morgan fingerprint density at radius 2 is 1.85 bits per heavy atom. The first kappa shape index (κ1) is 47.8. The van der Waals surface area contributed by atoms with E-state index in [0.29, 0.717) is 50.3 Å². The number of carbonyl (C=O) groups excluding carboxylic acids is 4. The van der Waals surface area contributed by atoms with Crippen LogP contribution >= 0.6 is 11.3 Å². The van der Waals surface area contributed by atoms with Crippen LogP contribution in [0.15, 0.2) is 66.4 Å². The van der Waals surface area contributed by atoms with Gasteiger partial charge in [-0.3, -0.25) is 29.4 Å². The van der Waals surface area contributed by atoms with Crippen molar-refractivity contribution in [1.29, 1.82) is 0 Å². The van der Waals surface area contributed by atoms with E-state index in [1.54, 1.807) is 32.7 Å². The molecule has 0 unspecified atom stereocenters. The molecular weight excluding hydrogens is 867 g/mol. The Kier molecular flexibility index (Phi) is 14.4. The summed E-state index contributed by atoms with van der Waals surface area (Å²) in [6.45, 7) is 13.9. The Bertz CT molecular complexity index is 2590. The van der Waals surface area contributed by atoms with Gasteiger partial charge in [0.2, 0.25) is 5.91 Å². The fourth-order valence-electron chi connectivity index (χ4n) is 9.69. The predicted molar refractivity (Wildman–Crippen MR) is 259 cm³/mol. The first-order valence-corrected chi connectivity index (χ1v) is 24.6. The Hall–Kier alpha value is -5.71. The third-order valence-electron chi connectivity index (χ3n) is 13.4. The van der Waals surface area contributed by atoms with Gasteiger partial charge in [-0.05, 0) is 106 Å². The molecule has 6 bridgehead atoms. The third-order valence-corrected chi connectivity index (χ3v) is 14.3. The number of thiazole rings is 1. The van der Waals surface area contributed by atoms with Crippen molar-refractivity contribution in [2.24, 2.45) is 11.3 Å². The molecule has 1 saturated heterocycles. The number of rotatable bonds is 12. The van der Waals surface area contributed by atoms with E-state index < -0.39 is 41.3 Å². The van der Waals surface area contributed by atoms with E-state index in [1.165, 1.54) is 21.2 Å². The van der Waals surface area contributed by atoms with Crippen LogP contribution in [0, 0.1) is 11.3 Å². The van der Waals surface area contributed by atoms with E-state index >= 15 is 0 Å². The molecule has 2 aliphatic heterocycles. The van der Waals surface area contributed by atoms with Gasteiger partial charge < -0.3 is 29.2 Å². The number of aryl methyl sites for hydroxylation is 1. The maximum absolute atomic E-state index is 14.7. The normalized spacial score (nSPS) is 19.7. The second kappa shape index (κ2) is 20.3. The molecule has 1 aliphatic carbocycles. The number of fused-ring (bicyclic) bond motifs is 6. The SMILES string of the molecule is CCn1c(-c2cccnc2[C@H](C)OC)c2c3cc(ccc31)-c1csc(n1)C[C@H](NC(=O)[C@H](C(C)C)N(C)C(=O)N(CCc1ccncc1)C1CC1)C(=O)N1CCC[C@H](N1)C(=O)OCC(C)(C)C2. The highest BCUT2D eigenvalue weighted by molar-refractivity contribution is 7.10. The lowest BCUT2D eigenvalue weighted by atomic mass is 9.84. The van der Waals surface area contributed by atoms with Crippen LogP contribution in [0.5, 0.6) is 0 Å². The van der Waals surface area contributed by atoms with Gasteiger partial charge >= 0.3 is 12.0 Å². The van der Waals surface area contributed by atoms with Crippen LogP contribution in [0.4, 0.5) is 4.79 Å². The number of amides is 4. The number of likely N-dealkylation sites (N-methyl/N-ethyl adjacent to an activating group) is 1. The molecule has 67 heavy (non-hydrogen) atoms. The smallest absolute Gasteiger partial charge is 0.324 e. The van der Waals surface area contributed by atoms with Crippen LogP contribution in [-0.4, -0.2) is 116 Å². The number of hydrogen-bond donors (Lipinski definition) is 2. The fraction of sp³-hybridized carbons (Fsp3) is 0.510. The number of urea groups is 1. The van der Waals surface area contributed by atoms with Crippen LogP contribution < -0.4 is 10.7 Å². The lowest BCUT2D eigenvalue weighted by Crippen LogP contribution is -2.62. The predicted octanol–water partition coefficient (Wildman–Crippen LogP) is 7.38. The molecule has 1 aromatic carbocycles. The summed E-state index contributed by atoms with van der Waals surface area (Å²) in [6, 6.07) is 11.6. The largest absolute Gasteiger partial charge is 0.464 e. The Morgan fingerprint density at radius 3 is 2.57 bits per heavy atom. The minimum atomic E-state index is -1.05. The lowest BCUT2D eigenvalue weighted by molar-refractivity contribution is -0.155. The number of aromatic nitrogens is 4. The molecule has 2 fully saturated rings. The number of hydrogen-bond acceptors (Lipinski definition) is 11. The Morgan fingerprint density at radius 1 is 1.07 bits per heavy atom. The summed E-state index contributed by atoms with van der Waals surface area (Å²) in [7, 11) is 3.36. The molecule has 356 valence electrons. The number of nitrogens with one attached hydrogen (secondary N) is 2. The van der Waals surface area contributed by atoms with Crippen LogP contribution in [0.25, 0.3) is 33.4 Å². The van der Waals surface area contributed by atoms with Gasteiger partial charge in [0.25, 0.3) is 5.91 Å². The molecule has 4 atom stereocenters. The number of ether oxygens (including phenoxy) is 2. The van der Waals surface area contributed by atoms with E-state index in [9.17, 15) is 19.2 Å². The summed E-state index contributed by atoms with van der Waals surface area (Å²) in [5.74, 6) is -1.55. The van der Waals surface area contributed by atoms with Crippen molar-refractivity contribution in [3.05, 3.63) is 88.3 Å². The minimum Gasteiger partial charge on any atom is -0.464 e. The minimum absolute atomic E-state index is 0.102. The molecule has 16 heteroatoms. The van der Waals surface area contributed by atoms with Gasteiger partial charge in [-0.25, -0.2) is 15.2 Å². The molecule has 6 heterocycles. The number of nitrogens with zero attached hydrogens (tertiary/aromatic N) is 7. The fourth-order valence-corrected chi connectivity index (χ4v) is 10.5. The molecule has 0 spiro atoms. The van der Waals surface area contributed by atoms with Crippen molar-refractivity contribution >= 4 is 46.1 Å². The van der Waals surface area contributed by atoms with Gasteiger partial charge in [0.15, 0.2) is 0 Å². The van der Waals surface area contributed by atoms with Crippen molar-refractivity contribution < 1.29 is 28.7 Å². The summed E-state index contributed by atoms with van der Waals surface area (Å²) in [4.78, 5) is 75.0. The number of hydrazine groups is 1. The first-order chi connectivity index (χ1) is 32.2. The van der Waals surface area contributed by atoms with Crippen LogP contribution in [0.3, 0.4) is 0 Å². The summed E-state index contributed by atoms with van der Waals surface area (Å²) >= 11 is 1.43. The molecule has 2 N–H and O–H groups in total. The second-order valence-electron chi connectivity index (χ2n) is 19.4. The number of methoxy groups -OCH3 is 1. The number of benzene rings is 1. The van der Waals surface area contributed by atoms with Crippen molar-refractivity contribution in [2.75, 3.05) is 33.9 Å². The maximum Gasteiger partial charge on any atom is 0.324 e. The highest BCUT2D eigenvalue weighted by atomic mass is 32.1. The van der Waals surface area contributed by atoms with Crippen LogP contribution in [-0.2, 0) is 49.7 Å². The zero-order chi connectivity index (χ0) is 47.6. The molecule has 8 rings (SSSR count). The number of esters is 1. The van der Waals surface area contributed by atoms with Crippen molar-refractivity contribution in [3.8, 4) is 22.5 Å². The Labute approximate surface area is 397 Å². The number of pyridine rings is 2. The van der Waals surface area contributed by atoms with E-state index in [-0.39, 0.29) is 37.1 Å². The van der Waals surface area contributed by atoms with Crippen molar-refractivity contribution in [3.63, 3.8) is 0 Å². The standard InChI is InChI=1S/C51H65N9O6S/c1-9-58-42-17-14-34-26-37(42)38(46(58)36-12-10-21-53-44(36)32(4)65-8)28-51(5,6)30-66-49(63)39-13-11-24-60(56-39)48(62)40(27-43-54-41(34)29-67-43)55-47(61)45(31(2)3)57(7)50(64)59(35-15-16-35)25-20-33-18-22-52-23-19-33/h10,12,14,17-19,21-23,26,29,31-32,35,39-40,45,56H,9,11,13,15-16,20,24-25,27-28,30H2,1-8H3,(H,55,61)/t32-,39-,40-,45-/m0/s1. The molecular formula is C51H65N9O6S. The van der Waals surface area contributed by atoms with E-state index in [4.69, 9.17) is 19.4 Å². The average molecular weight is 932 g/mol. The molecule has 15 nitrogen and oxygen atoms in total. The maximum atomic E-state index is 14.7. The molecule has 1 saturated carbocycles. The van der Waals surface area contributed by atoms with Gasteiger partial charge in [-0.2, -0.15) is 0 Å². The van der Waals surface area contributed by atoms with Crippen LogP contribution in [0.2, 0.25) is 0 Å². The molecule has 5 aromatic rings. The zero-order valence-electron chi connectivity index (χ0n) is 40.1. The summed E-state index contributed by atoms with van der Waals surface area (Å²) < 4.78 is 14.3. The van der Waals surface area contributed by atoms with Gasteiger partial charge in [-0.15, -0.1) is 11.3 Å². The first-order valence-electron chi connectivity index (χ1n) is 23.7. The topological polar surface area (TPSA) is 164 Å². The zero-order valence-corrected chi connectivity index (χ0v) is 40.9. The van der Waals surface area contributed by atoms with Crippen molar-refractivity contribution in [2.45, 2.75) is 123 Å². The number of carbonyl (C=O) groups is 4. The Balaban J connectivity index is 1.14. The molecule has 0 radical (unpaired) electrons. The molecule has 4 amide bonds. The van der Waals surface area contributed by atoms with Gasteiger partial charge in [-0.1, -0.05) is 33.8 Å². The molecule has 3 aliphatic rings. The summed E-state index contributed by atoms with van der Waals surface area (Å²) in [5.41, 5.74) is 10.5. The molecule has 4 aromatic heterocycles. The second-order valence-corrected chi connectivity index (χ2v) is 20.3. The van der Waals surface area contributed by atoms with Gasteiger partial charge in [0.05, 0.1) is 34.8 Å². The van der Waals surface area contributed by atoms with Crippen LogP contribution in [0.1, 0.15) is 95.2 Å². The number of cyclic esters (lactones) is 1.